The summed E-state index contributed by atoms with van der Waals surface area (Å²) in [4.78, 5) is 38.1. The number of aromatic nitrogens is 1. The molecule has 1 aromatic carbocycles. The van der Waals surface area contributed by atoms with E-state index < -0.39 is 34.9 Å². The summed E-state index contributed by atoms with van der Waals surface area (Å²) in [6.45, 7) is 5.65. The first-order valence-electron chi connectivity index (χ1n) is 8.07. The lowest BCUT2D eigenvalue weighted by atomic mass is 10.1. The van der Waals surface area contributed by atoms with Gasteiger partial charge in [-0.15, -0.1) is 0 Å². The molecule has 0 aliphatic heterocycles. The minimum absolute atomic E-state index is 0.0215. The van der Waals surface area contributed by atoms with Crippen molar-refractivity contribution in [2.24, 2.45) is 0 Å². The van der Waals surface area contributed by atoms with E-state index in [1.165, 1.54) is 6.07 Å². The Balaban J connectivity index is 2.23. The van der Waals surface area contributed by atoms with E-state index in [4.69, 9.17) is 4.74 Å². The minimum atomic E-state index is -1.21. The lowest BCUT2D eigenvalue weighted by molar-refractivity contribution is -0.140. The Hall–Kier alpha value is -2.74. The molecule has 1 heterocycles. The summed E-state index contributed by atoms with van der Waals surface area (Å²) in [5, 5.41) is 12.0. The second-order valence-electron chi connectivity index (χ2n) is 6.85. The van der Waals surface area contributed by atoms with Crippen molar-refractivity contribution in [3.05, 3.63) is 46.0 Å². The molecule has 1 amide bonds. The van der Waals surface area contributed by atoms with E-state index >= 15 is 0 Å². The van der Waals surface area contributed by atoms with E-state index in [0.29, 0.717) is 5.39 Å². The van der Waals surface area contributed by atoms with Crippen LogP contribution in [0.2, 0.25) is 0 Å². The van der Waals surface area contributed by atoms with Crippen molar-refractivity contribution in [3.63, 3.8) is 0 Å². The maximum absolute atomic E-state index is 13.3. The molecule has 1 atom stereocenters. The van der Waals surface area contributed by atoms with Gasteiger partial charge in [-0.2, -0.15) is 0 Å². The molecule has 0 saturated heterocycles. The van der Waals surface area contributed by atoms with E-state index in [1.54, 1.807) is 0 Å². The Bertz CT molecular complexity index is 885. The monoisotopic (exact) mass is 364 g/mol. The number of pyridine rings is 1. The van der Waals surface area contributed by atoms with Gasteiger partial charge in [0.2, 0.25) is 5.56 Å². The van der Waals surface area contributed by atoms with Gasteiger partial charge in [0, 0.05) is 24.5 Å². The second kappa shape index (κ2) is 7.65. The van der Waals surface area contributed by atoms with E-state index in [-0.39, 0.29) is 24.1 Å². The molecule has 26 heavy (non-hydrogen) atoms. The summed E-state index contributed by atoms with van der Waals surface area (Å²) in [5.74, 6) is -2.50. The SMILES string of the molecule is CC(C)(C)OCCC(NC(=O)c1cc(=O)[nH]c2cc(F)ccc12)C(=O)O. The summed E-state index contributed by atoms with van der Waals surface area (Å²) in [6.07, 6.45) is 0.0636. The van der Waals surface area contributed by atoms with E-state index in [0.717, 1.165) is 18.2 Å². The van der Waals surface area contributed by atoms with Crippen LogP contribution in [0.4, 0.5) is 4.39 Å². The lowest BCUT2D eigenvalue weighted by Gasteiger charge is -2.21. The van der Waals surface area contributed by atoms with Gasteiger partial charge in [-0.1, -0.05) is 0 Å². The Kier molecular flexibility index (Phi) is 5.76. The van der Waals surface area contributed by atoms with Gasteiger partial charge in [0.05, 0.1) is 16.7 Å². The van der Waals surface area contributed by atoms with Crippen molar-refractivity contribution >= 4 is 22.8 Å². The number of nitrogens with one attached hydrogen (secondary N) is 2. The van der Waals surface area contributed by atoms with Crippen LogP contribution in [0.3, 0.4) is 0 Å². The highest BCUT2D eigenvalue weighted by Gasteiger charge is 2.23. The predicted octanol–water partition coefficient (Wildman–Crippen LogP) is 2.06. The molecule has 0 saturated carbocycles. The number of aliphatic carboxylic acids is 1. The minimum Gasteiger partial charge on any atom is -0.480 e. The van der Waals surface area contributed by atoms with Crippen LogP contribution in [0.5, 0.6) is 0 Å². The molecule has 1 unspecified atom stereocenters. The third-order valence-electron chi connectivity index (χ3n) is 3.59. The fourth-order valence-electron chi connectivity index (χ4n) is 2.40. The van der Waals surface area contributed by atoms with Crippen molar-refractivity contribution in [1.82, 2.24) is 10.3 Å². The number of halogens is 1. The highest BCUT2D eigenvalue weighted by molar-refractivity contribution is 6.06. The molecule has 0 aliphatic rings. The standard InChI is InChI=1S/C18H21FN2O5/c1-18(2,3)26-7-6-13(17(24)25)21-16(23)12-9-15(22)20-14-8-10(19)4-5-11(12)14/h4-5,8-9,13H,6-7H2,1-3H3,(H,20,22)(H,21,23)(H,24,25). The molecule has 2 rings (SSSR count). The Morgan fingerprint density at radius 1 is 1.31 bits per heavy atom. The van der Waals surface area contributed by atoms with Crippen LogP contribution < -0.4 is 10.9 Å². The number of fused-ring (bicyclic) bond motifs is 1. The maximum atomic E-state index is 13.3. The van der Waals surface area contributed by atoms with Gasteiger partial charge < -0.3 is 20.1 Å². The summed E-state index contributed by atoms with van der Waals surface area (Å²) in [5.41, 5.74) is -0.881. The molecule has 2 aromatic rings. The summed E-state index contributed by atoms with van der Waals surface area (Å²) in [7, 11) is 0. The zero-order valence-electron chi connectivity index (χ0n) is 14.8. The third kappa shape index (κ3) is 5.13. The maximum Gasteiger partial charge on any atom is 0.326 e. The van der Waals surface area contributed by atoms with Gasteiger partial charge >= 0.3 is 5.97 Å². The van der Waals surface area contributed by atoms with Gasteiger partial charge in [-0.25, -0.2) is 9.18 Å². The molecule has 0 radical (unpaired) electrons. The van der Waals surface area contributed by atoms with E-state index in [9.17, 15) is 23.9 Å². The molecule has 1 aromatic heterocycles. The number of hydrogen-bond donors (Lipinski definition) is 3. The average Bonchev–Trinajstić information content (AvgIpc) is 2.51. The number of benzene rings is 1. The van der Waals surface area contributed by atoms with Crippen LogP contribution in [0, 0.1) is 5.82 Å². The van der Waals surface area contributed by atoms with Crippen molar-refractivity contribution in [3.8, 4) is 0 Å². The van der Waals surface area contributed by atoms with Crippen LogP contribution in [0.1, 0.15) is 37.6 Å². The first-order valence-corrected chi connectivity index (χ1v) is 8.07. The molecule has 140 valence electrons. The van der Waals surface area contributed by atoms with Crippen LogP contribution in [-0.2, 0) is 9.53 Å². The normalized spacial score (nSPS) is 12.8. The van der Waals surface area contributed by atoms with E-state index in [2.05, 4.69) is 10.3 Å². The Morgan fingerprint density at radius 2 is 2.00 bits per heavy atom. The molecule has 0 spiro atoms. The van der Waals surface area contributed by atoms with Crippen molar-refractivity contribution < 1.29 is 23.8 Å². The van der Waals surface area contributed by atoms with Crippen molar-refractivity contribution in [1.29, 1.82) is 0 Å². The van der Waals surface area contributed by atoms with Crippen LogP contribution >= 0.6 is 0 Å². The zero-order chi connectivity index (χ0) is 19.5. The number of rotatable bonds is 6. The number of carboxylic acids is 1. The first-order chi connectivity index (χ1) is 12.1. The van der Waals surface area contributed by atoms with Crippen LogP contribution in [0.15, 0.2) is 29.1 Å². The number of carbonyl (C=O) groups excluding carboxylic acids is 1. The van der Waals surface area contributed by atoms with Crippen LogP contribution in [-0.4, -0.2) is 40.2 Å². The number of hydrogen-bond acceptors (Lipinski definition) is 4. The molecule has 0 aliphatic carbocycles. The highest BCUT2D eigenvalue weighted by Crippen LogP contribution is 2.17. The number of carbonyl (C=O) groups is 2. The summed E-state index contributed by atoms with van der Waals surface area (Å²) in [6, 6.07) is 3.48. The van der Waals surface area contributed by atoms with Crippen molar-refractivity contribution in [2.75, 3.05) is 6.61 Å². The summed E-state index contributed by atoms with van der Waals surface area (Å²) >= 11 is 0. The van der Waals surface area contributed by atoms with Gasteiger partial charge in [0.25, 0.3) is 5.91 Å². The number of ether oxygens (including phenoxy) is 1. The van der Waals surface area contributed by atoms with Gasteiger partial charge in [0.15, 0.2) is 0 Å². The second-order valence-corrected chi connectivity index (χ2v) is 6.85. The molecule has 8 heteroatoms. The fourth-order valence-corrected chi connectivity index (χ4v) is 2.40. The quantitative estimate of drug-likeness (QED) is 0.727. The Labute approximate surface area is 149 Å². The highest BCUT2D eigenvalue weighted by atomic mass is 19.1. The Morgan fingerprint density at radius 3 is 2.62 bits per heavy atom. The molecular formula is C18H21FN2O5. The number of amides is 1. The largest absolute Gasteiger partial charge is 0.480 e. The predicted molar refractivity (Wildman–Crippen MR) is 93.7 cm³/mol. The van der Waals surface area contributed by atoms with Crippen LogP contribution in [0.25, 0.3) is 10.9 Å². The first kappa shape index (κ1) is 19.6. The van der Waals surface area contributed by atoms with Gasteiger partial charge in [0.1, 0.15) is 11.9 Å². The summed E-state index contributed by atoms with van der Waals surface area (Å²) < 4.78 is 18.8. The fraction of sp³-hybridized carbons (Fsp3) is 0.389. The van der Waals surface area contributed by atoms with E-state index in [1.807, 2.05) is 20.8 Å². The third-order valence-corrected chi connectivity index (χ3v) is 3.59. The molecule has 0 bridgehead atoms. The number of H-pyrrole nitrogens is 1. The topological polar surface area (TPSA) is 108 Å². The van der Waals surface area contributed by atoms with Crippen molar-refractivity contribution in [2.45, 2.75) is 38.8 Å². The van der Waals surface area contributed by atoms with Gasteiger partial charge in [-0.3, -0.25) is 9.59 Å². The molecule has 7 nitrogen and oxygen atoms in total. The number of carboxylic acid groups (broad SMARTS) is 1. The number of aromatic amines is 1. The zero-order valence-corrected chi connectivity index (χ0v) is 14.8. The molecular weight excluding hydrogens is 343 g/mol. The lowest BCUT2D eigenvalue weighted by Crippen LogP contribution is -2.42. The average molecular weight is 364 g/mol. The molecule has 3 N–H and O–H groups in total. The van der Waals surface area contributed by atoms with Gasteiger partial charge in [-0.05, 0) is 39.0 Å². The molecule has 0 fully saturated rings. The smallest absolute Gasteiger partial charge is 0.326 e.